The Morgan fingerprint density at radius 1 is 1.45 bits per heavy atom. The second-order valence-corrected chi connectivity index (χ2v) is 1.96. The molecule has 0 bridgehead atoms. The second-order valence-electron chi connectivity index (χ2n) is 1.96. The van der Waals surface area contributed by atoms with Gasteiger partial charge in [0.2, 0.25) is 0 Å². The van der Waals surface area contributed by atoms with Crippen molar-refractivity contribution in [2.75, 3.05) is 5.73 Å². The zero-order valence-electron chi connectivity index (χ0n) is 5.46. The maximum atomic E-state index is 12.0. The van der Waals surface area contributed by atoms with E-state index in [4.69, 9.17) is 10.8 Å². The van der Waals surface area contributed by atoms with Crippen LogP contribution in [0.4, 0.5) is 14.5 Å². The van der Waals surface area contributed by atoms with E-state index in [0.29, 0.717) is 0 Å². The molecule has 0 amide bonds. The summed E-state index contributed by atoms with van der Waals surface area (Å²) in [6.45, 7) is 0. The third kappa shape index (κ3) is 1.36. The number of nitrogen functional groups attached to an aromatic ring is 1. The average Bonchev–Trinajstić information content (AvgIpc) is 1.94. The van der Waals surface area contributed by atoms with Crippen molar-refractivity contribution >= 4 is 5.69 Å². The van der Waals surface area contributed by atoms with Gasteiger partial charge in [0, 0.05) is 6.20 Å². The summed E-state index contributed by atoms with van der Waals surface area (Å²) in [7, 11) is 0. The van der Waals surface area contributed by atoms with Crippen molar-refractivity contribution < 1.29 is 13.9 Å². The van der Waals surface area contributed by atoms with Crippen LogP contribution >= 0.6 is 0 Å². The lowest BCUT2D eigenvalue weighted by Gasteiger charge is -2.03. The number of anilines is 1. The predicted molar refractivity (Wildman–Crippen MR) is 35.3 cm³/mol. The van der Waals surface area contributed by atoms with Gasteiger partial charge in [-0.15, -0.1) is 0 Å². The Morgan fingerprint density at radius 2 is 2.09 bits per heavy atom. The van der Waals surface area contributed by atoms with Gasteiger partial charge in [0.15, 0.2) is 5.75 Å². The molecule has 1 heterocycles. The van der Waals surface area contributed by atoms with Crippen LogP contribution in [0.2, 0.25) is 0 Å². The van der Waals surface area contributed by atoms with Gasteiger partial charge < -0.3 is 10.8 Å². The molecule has 0 aliphatic heterocycles. The Balaban J connectivity index is 3.17. The maximum Gasteiger partial charge on any atom is 0.267 e. The molecule has 0 aliphatic rings. The Morgan fingerprint density at radius 3 is 2.55 bits per heavy atom. The van der Waals surface area contributed by atoms with Gasteiger partial charge in [-0.2, -0.15) is 0 Å². The zero-order chi connectivity index (χ0) is 8.43. The summed E-state index contributed by atoms with van der Waals surface area (Å²) in [5.41, 5.74) is 4.36. The van der Waals surface area contributed by atoms with Gasteiger partial charge in [-0.3, -0.25) is 4.98 Å². The van der Waals surface area contributed by atoms with Gasteiger partial charge in [-0.1, -0.05) is 0 Å². The van der Waals surface area contributed by atoms with E-state index in [1.807, 2.05) is 0 Å². The number of halogens is 2. The molecule has 0 saturated heterocycles. The SMILES string of the molecule is Nc1c(O)cncc1C(F)F. The number of pyridine rings is 1. The second kappa shape index (κ2) is 2.69. The van der Waals surface area contributed by atoms with E-state index in [1.54, 1.807) is 0 Å². The lowest BCUT2D eigenvalue weighted by molar-refractivity contribution is 0.151. The van der Waals surface area contributed by atoms with Gasteiger partial charge in [0.25, 0.3) is 6.43 Å². The largest absolute Gasteiger partial charge is 0.504 e. The van der Waals surface area contributed by atoms with E-state index in [9.17, 15) is 8.78 Å². The van der Waals surface area contributed by atoms with Gasteiger partial charge >= 0.3 is 0 Å². The van der Waals surface area contributed by atoms with Gasteiger partial charge in [0.1, 0.15) is 0 Å². The number of hydrogen-bond acceptors (Lipinski definition) is 3. The highest BCUT2D eigenvalue weighted by Crippen LogP contribution is 2.29. The minimum Gasteiger partial charge on any atom is -0.504 e. The first-order valence-electron chi connectivity index (χ1n) is 2.83. The maximum absolute atomic E-state index is 12.0. The van der Waals surface area contributed by atoms with Crippen LogP contribution < -0.4 is 5.73 Å². The molecule has 3 N–H and O–H groups in total. The van der Waals surface area contributed by atoms with Crippen molar-refractivity contribution in [3.63, 3.8) is 0 Å². The molecule has 0 aliphatic carbocycles. The van der Waals surface area contributed by atoms with Crippen molar-refractivity contribution in [3.05, 3.63) is 18.0 Å². The molecule has 60 valence electrons. The Bertz CT molecular complexity index is 265. The molecule has 11 heavy (non-hydrogen) atoms. The molecule has 5 heteroatoms. The number of hydrogen-bond donors (Lipinski definition) is 2. The third-order valence-electron chi connectivity index (χ3n) is 1.23. The number of aromatic hydroxyl groups is 1. The quantitative estimate of drug-likeness (QED) is 0.651. The summed E-state index contributed by atoms with van der Waals surface area (Å²) in [5, 5.41) is 8.83. The Hall–Kier alpha value is -1.39. The molecule has 1 aromatic rings. The molecule has 0 spiro atoms. The number of aromatic nitrogens is 1. The third-order valence-corrected chi connectivity index (χ3v) is 1.23. The first kappa shape index (κ1) is 7.71. The molecule has 0 atom stereocenters. The van der Waals surface area contributed by atoms with E-state index in [0.717, 1.165) is 12.4 Å². The standard InChI is InChI=1S/C6H6F2N2O/c7-6(8)3-1-10-2-4(11)5(3)9/h1-2,6,11H,(H2,9,10). The topological polar surface area (TPSA) is 59.1 Å². The van der Waals surface area contributed by atoms with Crippen LogP contribution in [0.3, 0.4) is 0 Å². The number of nitrogens with two attached hydrogens (primary N) is 1. The summed E-state index contributed by atoms with van der Waals surface area (Å²) in [6.07, 6.45) is -0.754. The summed E-state index contributed by atoms with van der Waals surface area (Å²) in [6, 6.07) is 0. The van der Waals surface area contributed by atoms with Crippen LogP contribution in [-0.4, -0.2) is 10.1 Å². The molecule has 0 unspecified atom stereocenters. The lowest BCUT2D eigenvalue weighted by atomic mass is 10.2. The van der Waals surface area contributed by atoms with E-state index in [1.165, 1.54) is 0 Å². The first-order valence-corrected chi connectivity index (χ1v) is 2.83. The van der Waals surface area contributed by atoms with E-state index in [2.05, 4.69) is 4.98 Å². The number of alkyl halides is 2. The normalized spacial score (nSPS) is 10.5. The van der Waals surface area contributed by atoms with Crippen molar-refractivity contribution in [2.45, 2.75) is 6.43 Å². The van der Waals surface area contributed by atoms with Crippen molar-refractivity contribution in [1.82, 2.24) is 4.98 Å². The highest BCUT2D eigenvalue weighted by molar-refractivity contribution is 5.56. The number of rotatable bonds is 1. The van der Waals surface area contributed by atoms with E-state index in [-0.39, 0.29) is 5.69 Å². The fraction of sp³-hybridized carbons (Fsp3) is 0.167. The molecule has 3 nitrogen and oxygen atoms in total. The highest BCUT2D eigenvalue weighted by atomic mass is 19.3. The smallest absolute Gasteiger partial charge is 0.267 e. The van der Waals surface area contributed by atoms with Gasteiger partial charge in [-0.25, -0.2) is 8.78 Å². The highest BCUT2D eigenvalue weighted by Gasteiger charge is 2.13. The molecule has 0 aromatic carbocycles. The molecule has 1 rings (SSSR count). The summed E-state index contributed by atoms with van der Waals surface area (Å²) in [4.78, 5) is 3.36. The summed E-state index contributed by atoms with van der Waals surface area (Å²) >= 11 is 0. The summed E-state index contributed by atoms with van der Waals surface area (Å²) < 4.78 is 24.0. The van der Waals surface area contributed by atoms with Gasteiger partial charge in [-0.05, 0) is 0 Å². The molecular formula is C6H6F2N2O. The molecule has 1 aromatic heterocycles. The molecule has 0 saturated carbocycles. The average molecular weight is 160 g/mol. The molecule has 0 radical (unpaired) electrons. The van der Waals surface area contributed by atoms with Crippen LogP contribution in [0.25, 0.3) is 0 Å². The number of nitrogens with zero attached hydrogens (tertiary/aromatic N) is 1. The van der Waals surface area contributed by atoms with Crippen molar-refractivity contribution in [3.8, 4) is 5.75 Å². The van der Waals surface area contributed by atoms with Crippen LogP contribution in [0.15, 0.2) is 12.4 Å². The van der Waals surface area contributed by atoms with Crippen LogP contribution in [-0.2, 0) is 0 Å². The molecular weight excluding hydrogens is 154 g/mol. The fourth-order valence-electron chi connectivity index (χ4n) is 0.649. The summed E-state index contributed by atoms with van der Waals surface area (Å²) in [5.74, 6) is -0.414. The molecule has 0 fully saturated rings. The Labute approximate surface area is 61.5 Å². The fourth-order valence-corrected chi connectivity index (χ4v) is 0.649. The van der Waals surface area contributed by atoms with Crippen molar-refractivity contribution in [2.24, 2.45) is 0 Å². The van der Waals surface area contributed by atoms with E-state index >= 15 is 0 Å². The van der Waals surface area contributed by atoms with E-state index < -0.39 is 17.7 Å². The lowest BCUT2D eigenvalue weighted by Crippen LogP contribution is -1.95. The monoisotopic (exact) mass is 160 g/mol. The van der Waals surface area contributed by atoms with Crippen LogP contribution in [0.1, 0.15) is 12.0 Å². The Kier molecular flexibility index (Phi) is 1.89. The minimum atomic E-state index is -2.70. The first-order chi connectivity index (χ1) is 5.13. The minimum absolute atomic E-state index is 0.310. The van der Waals surface area contributed by atoms with Crippen molar-refractivity contribution in [1.29, 1.82) is 0 Å². The van der Waals surface area contributed by atoms with Crippen LogP contribution in [0, 0.1) is 0 Å². The predicted octanol–water partition coefficient (Wildman–Crippen LogP) is 1.31. The zero-order valence-corrected chi connectivity index (χ0v) is 5.46. The van der Waals surface area contributed by atoms with Gasteiger partial charge in [0.05, 0.1) is 17.4 Å². The van der Waals surface area contributed by atoms with Crippen LogP contribution in [0.5, 0.6) is 5.75 Å².